The minimum atomic E-state index is -2.13. The van der Waals surface area contributed by atoms with Gasteiger partial charge in [-0.15, -0.1) is 0 Å². The van der Waals surface area contributed by atoms with E-state index in [2.05, 4.69) is 0 Å². The summed E-state index contributed by atoms with van der Waals surface area (Å²) < 4.78 is 20.3. The van der Waals surface area contributed by atoms with Crippen molar-refractivity contribution in [2.24, 2.45) is 11.5 Å². The van der Waals surface area contributed by atoms with Crippen molar-refractivity contribution in [1.82, 2.24) is 0 Å². The Hall–Kier alpha value is 0.0300. The van der Waals surface area contributed by atoms with Gasteiger partial charge in [0.15, 0.2) is 0 Å². The molecule has 10 heavy (non-hydrogen) atoms. The zero-order valence-corrected chi connectivity index (χ0v) is 6.60. The summed E-state index contributed by atoms with van der Waals surface area (Å²) in [5.74, 6) is 0. The Morgan fingerprint density at radius 2 is 2.10 bits per heavy atom. The minimum Gasteiger partial charge on any atom is -0.771 e. The molecule has 0 aliphatic rings. The molecule has 0 fully saturated rings. The Balaban J connectivity index is 3.21. The van der Waals surface area contributed by atoms with Crippen LogP contribution in [0.3, 0.4) is 0 Å². The molecule has 0 spiro atoms. The van der Waals surface area contributed by atoms with Crippen LogP contribution in [0.25, 0.3) is 0 Å². The lowest BCUT2D eigenvalue weighted by atomic mass is 10.2. The van der Waals surface area contributed by atoms with E-state index in [1.807, 2.05) is 0 Å². The first-order valence-corrected chi connectivity index (χ1v) is 4.36. The van der Waals surface area contributed by atoms with E-state index < -0.39 is 16.5 Å². The molecule has 0 amide bonds. The SMILES string of the molecule is NCCCCC(N)S(=O)[O-]. The lowest BCUT2D eigenvalue weighted by Gasteiger charge is -2.13. The van der Waals surface area contributed by atoms with E-state index >= 15 is 0 Å². The number of hydrogen-bond donors (Lipinski definition) is 2. The van der Waals surface area contributed by atoms with Gasteiger partial charge in [0.25, 0.3) is 0 Å². The minimum absolute atomic E-state index is 0.507. The second-order valence-electron chi connectivity index (χ2n) is 2.08. The van der Waals surface area contributed by atoms with Crippen molar-refractivity contribution in [3.63, 3.8) is 0 Å². The zero-order valence-electron chi connectivity index (χ0n) is 5.79. The molecule has 0 aromatic rings. The Morgan fingerprint density at radius 3 is 2.50 bits per heavy atom. The van der Waals surface area contributed by atoms with Crippen LogP contribution in [0.2, 0.25) is 0 Å². The van der Waals surface area contributed by atoms with Gasteiger partial charge >= 0.3 is 0 Å². The van der Waals surface area contributed by atoms with Crippen molar-refractivity contribution in [2.45, 2.75) is 24.6 Å². The number of hydrogen-bond acceptors (Lipinski definition) is 4. The molecule has 0 heterocycles. The van der Waals surface area contributed by atoms with Gasteiger partial charge in [0.1, 0.15) is 0 Å². The van der Waals surface area contributed by atoms with Crippen LogP contribution in [0.5, 0.6) is 0 Å². The van der Waals surface area contributed by atoms with Crippen LogP contribution in [0.4, 0.5) is 0 Å². The fourth-order valence-corrected chi connectivity index (χ4v) is 0.945. The van der Waals surface area contributed by atoms with Gasteiger partial charge < -0.3 is 16.0 Å². The first kappa shape index (κ1) is 10.0. The van der Waals surface area contributed by atoms with Gasteiger partial charge in [-0.1, -0.05) is 0 Å². The van der Waals surface area contributed by atoms with Crippen LogP contribution < -0.4 is 11.5 Å². The average molecular weight is 165 g/mol. The molecule has 0 aromatic carbocycles. The van der Waals surface area contributed by atoms with Gasteiger partial charge in [0, 0.05) is 0 Å². The summed E-state index contributed by atoms with van der Waals surface area (Å²) in [5, 5.41) is -0.716. The Bertz CT molecular complexity index is 110. The molecule has 0 saturated heterocycles. The summed E-state index contributed by atoms with van der Waals surface area (Å²) in [6, 6.07) is 0. The first-order valence-electron chi connectivity index (χ1n) is 3.22. The topological polar surface area (TPSA) is 92.2 Å². The summed E-state index contributed by atoms with van der Waals surface area (Å²) in [5.41, 5.74) is 10.4. The average Bonchev–Trinajstić information content (AvgIpc) is 1.88. The summed E-state index contributed by atoms with van der Waals surface area (Å²) in [6.45, 7) is 0.595. The molecule has 0 saturated carbocycles. The second-order valence-corrected chi connectivity index (χ2v) is 3.21. The zero-order chi connectivity index (χ0) is 7.98. The van der Waals surface area contributed by atoms with Crippen LogP contribution in [-0.4, -0.2) is 20.7 Å². The lowest BCUT2D eigenvalue weighted by molar-refractivity contribution is 0.512. The highest BCUT2D eigenvalue weighted by atomic mass is 32.2. The molecule has 0 rings (SSSR count). The predicted octanol–water partition coefficient (Wildman–Crippen LogP) is -0.721. The third-order valence-electron chi connectivity index (χ3n) is 1.19. The number of rotatable bonds is 5. The molecule has 2 unspecified atom stereocenters. The molecule has 62 valence electrons. The molecular weight excluding hydrogens is 152 g/mol. The quantitative estimate of drug-likeness (QED) is 0.415. The molecule has 4 nitrogen and oxygen atoms in total. The van der Waals surface area contributed by atoms with Crippen molar-refractivity contribution < 1.29 is 8.76 Å². The van der Waals surface area contributed by atoms with Crippen LogP contribution in [0, 0.1) is 0 Å². The van der Waals surface area contributed by atoms with Gasteiger partial charge in [0.2, 0.25) is 0 Å². The number of nitrogens with two attached hydrogens (primary N) is 2. The maximum Gasteiger partial charge on any atom is 0.0676 e. The Morgan fingerprint density at radius 1 is 1.50 bits per heavy atom. The van der Waals surface area contributed by atoms with Crippen LogP contribution in [-0.2, 0) is 11.1 Å². The maximum atomic E-state index is 10.1. The molecule has 2 atom stereocenters. The van der Waals surface area contributed by atoms with Crippen molar-refractivity contribution >= 4 is 11.1 Å². The maximum absolute atomic E-state index is 10.1. The fraction of sp³-hybridized carbons (Fsp3) is 1.00. The molecule has 4 N–H and O–H groups in total. The first-order chi connectivity index (χ1) is 4.68. The van der Waals surface area contributed by atoms with E-state index in [1.54, 1.807) is 0 Å². The van der Waals surface area contributed by atoms with Gasteiger partial charge in [-0.05, 0) is 36.9 Å². The normalized spacial score (nSPS) is 16.7. The van der Waals surface area contributed by atoms with Gasteiger partial charge in [-0.2, -0.15) is 0 Å². The van der Waals surface area contributed by atoms with Crippen molar-refractivity contribution in [2.75, 3.05) is 6.54 Å². The highest BCUT2D eigenvalue weighted by molar-refractivity contribution is 7.79. The molecule has 0 aromatic heterocycles. The van der Waals surface area contributed by atoms with Crippen molar-refractivity contribution in [3.05, 3.63) is 0 Å². The lowest BCUT2D eigenvalue weighted by Crippen LogP contribution is -2.25. The van der Waals surface area contributed by atoms with Gasteiger partial charge in [0.05, 0.1) is 5.37 Å². The molecule has 0 radical (unpaired) electrons. The Labute approximate surface area is 63.3 Å². The Kier molecular flexibility index (Phi) is 5.81. The molecule has 0 aliphatic heterocycles. The number of unbranched alkanes of at least 4 members (excludes halogenated alkanes) is 1. The van der Waals surface area contributed by atoms with Crippen LogP contribution in [0.15, 0.2) is 0 Å². The standard InChI is InChI=1S/C5H14N2O2S/c6-4-2-1-3-5(7)10(8)9/h5H,1-4,6-7H2,(H,8,9)/p-1. The highest BCUT2D eigenvalue weighted by Gasteiger charge is 1.99. The van der Waals surface area contributed by atoms with E-state index in [-0.39, 0.29) is 0 Å². The monoisotopic (exact) mass is 165 g/mol. The second kappa shape index (κ2) is 5.79. The van der Waals surface area contributed by atoms with Crippen LogP contribution >= 0.6 is 0 Å². The van der Waals surface area contributed by atoms with Gasteiger partial charge in [-0.25, -0.2) is 0 Å². The fourth-order valence-electron chi connectivity index (χ4n) is 0.586. The third kappa shape index (κ3) is 4.87. The van der Waals surface area contributed by atoms with E-state index in [0.717, 1.165) is 12.8 Å². The van der Waals surface area contributed by atoms with Crippen LogP contribution in [0.1, 0.15) is 19.3 Å². The largest absolute Gasteiger partial charge is 0.771 e. The van der Waals surface area contributed by atoms with Crippen molar-refractivity contribution in [3.8, 4) is 0 Å². The summed E-state index contributed by atoms with van der Waals surface area (Å²) in [6.07, 6.45) is 2.13. The third-order valence-corrected chi connectivity index (χ3v) is 1.92. The molecule has 0 aliphatic carbocycles. The van der Waals surface area contributed by atoms with E-state index in [9.17, 15) is 8.76 Å². The van der Waals surface area contributed by atoms with E-state index in [1.165, 1.54) is 0 Å². The highest BCUT2D eigenvalue weighted by Crippen LogP contribution is 1.99. The van der Waals surface area contributed by atoms with E-state index in [0.29, 0.717) is 13.0 Å². The predicted molar refractivity (Wildman–Crippen MR) is 39.8 cm³/mol. The summed E-state index contributed by atoms with van der Waals surface area (Å²) in [4.78, 5) is 0. The molecule has 5 heteroatoms. The summed E-state index contributed by atoms with van der Waals surface area (Å²) >= 11 is -2.13. The smallest absolute Gasteiger partial charge is 0.0676 e. The van der Waals surface area contributed by atoms with E-state index in [4.69, 9.17) is 11.5 Å². The van der Waals surface area contributed by atoms with Crippen molar-refractivity contribution in [1.29, 1.82) is 0 Å². The summed E-state index contributed by atoms with van der Waals surface area (Å²) in [7, 11) is 0. The van der Waals surface area contributed by atoms with Gasteiger partial charge in [-0.3, -0.25) is 4.21 Å². The molecular formula is C5H13N2O2S-. The molecule has 0 bridgehead atoms.